The first-order valence-corrected chi connectivity index (χ1v) is 14.2. The van der Waals surface area contributed by atoms with Gasteiger partial charge >= 0.3 is 24.1 Å². The van der Waals surface area contributed by atoms with Crippen LogP contribution >= 0.6 is 0 Å². The zero-order valence-electron chi connectivity index (χ0n) is 24.1. The highest BCUT2D eigenvalue weighted by atomic mass is 16.6. The molecule has 0 bridgehead atoms. The largest absolute Gasteiger partial charge is 0.463 e. The van der Waals surface area contributed by atoms with E-state index >= 15 is 0 Å². The summed E-state index contributed by atoms with van der Waals surface area (Å²) in [7, 11) is 0. The first kappa shape index (κ1) is 32.7. The first-order valence-electron chi connectivity index (χ1n) is 14.2. The van der Waals surface area contributed by atoms with Crippen LogP contribution in [0.5, 0.6) is 0 Å². The number of carbonyl (C=O) groups is 4. The summed E-state index contributed by atoms with van der Waals surface area (Å²) >= 11 is 0. The second-order valence-electron chi connectivity index (χ2n) is 10.9. The molecule has 4 rings (SSSR count). The molecule has 0 spiro atoms. The number of esters is 2. The normalized spacial score (nSPS) is 22.6. The van der Waals surface area contributed by atoms with Crippen molar-refractivity contribution in [2.45, 2.75) is 37.5 Å². The molecule has 2 fully saturated rings. The van der Waals surface area contributed by atoms with Crippen molar-refractivity contribution in [3.63, 3.8) is 0 Å². The summed E-state index contributed by atoms with van der Waals surface area (Å²) in [5.41, 5.74) is 13.8. The average Bonchev–Trinajstić information content (AvgIpc) is 3.61. The van der Waals surface area contributed by atoms with E-state index < -0.39 is 60.3 Å². The van der Waals surface area contributed by atoms with Crippen LogP contribution in [0.3, 0.4) is 0 Å². The molecule has 2 aromatic rings. The van der Waals surface area contributed by atoms with Crippen molar-refractivity contribution in [1.82, 2.24) is 9.80 Å². The number of aliphatic hydroxyl groups excluding tert-OH is 2. The van der Waals surface area contributed by atoms with Crippen LogP contribution in [0.4, 0.5) is 9.59 Å². The van der Waals surface area contributed by atoms with Gasteiger partial charge in [0.25, 0.3) is 0 Å². The Hall–Kier alpha value is -4.24. The topological polar surface area (TPSA) is 204 Å². The highest BCUT2D eigenvalue weighted by Crippen LogP contribution is 2.20. The molecule has 2 aliphatic heterocycles. The Morgan fingerprint density at radius 3 is 1.36 bits per heavy atom. The predicted octanol–water partition coefficient (Wildman–Crippen LogP) is -0.0136. The summed E-state index contributed by atoms with van der Waals surface area (Å²) in [4.78, 5) is 52.3. The minimum absolute atomic E-state index is 0.0947. The second-order valence-corrected chi connectivity index (χ2v) is 10.9. The summed E-state index contributed by atoms with van der Waals surface area (Å²) in [5.74, 6) is -3.41. The third-order valence-electron chi connectivity index (χ3n) is 7.57. The van der Waals surface area contributed by atoms with E-state index in [2.05, 4.69) is 0 Å². The molecule has 2 unspecified atom stereocenters. The van der Waals surface area contributed by atoms with Crippen molar-refractivity contribution < 1.29 is 48.3 Å². The van der Waals surface area contributed by atoms with Crippen molar-refractivity contribution in [3.05, 3.63) is 71.8 Å². The fourth-order valence-corrected chi connectivity index (χ4v) is 4.87. The second kappa shape index (κ2) is 15.5. The quantitative estimate of drug-likeness (QED) is 0.195. The highest BCUT2D eigenvalue weighted by molar-refractivity contribution is 5.85. The van der Waals surface area contributed by atoms with Gasteiger partial charge in [0.2, 0.25) is 0 Å². The zero-order chi connectivity index (χ0) is 31.6. The van der Waals surface area contributed by atoms with Crippen LogP contribution in [0.25, 0.3) is 0 Å². The lowest BCUT2D eigenvalue weighted by molar-refractivity contribution is -0.174. The smallest absolute Gasteiger partial charge is 0.410 e. The third-order valence-corrected chi connectivity index (χ3v) is 7.57. The molecular formula is C30H38N4O10. The van der Waals surface area contributed by atoms with E-state index in [1.54, 1.807) is 0 Å². The van der Waals surface area contributed by atoms with Crippen LogP contribution in [0, 0.1) is 11.8 Å². The van der Waals surface area contributed by atoms with E-state index in [1.807, 2.05) is 60.7 Å². The number of amides is 2. The molecule has 2 heterocycles. The molecular weight excluding hydrogens is 576 g/mol. The van der Waals surface area contributed by atoms with Gasteiger partial charge in [0.05, 0.1) is 13.2 Å². The van der Waals surface area contributed by atoms with Crippen molar-refractivity contribution in [3.8, 4) is 0 Å². The molecule has 2 amide bonds. The highest BCUT2D eigenvalue weighted by Gasteiger charge is 2.39. The van der Waals surface area contributed by atoms with E-state index in [-0.39, 0.29) is 52.6 Å². The molecule has 0 saturated carbocycles. The van der Waals surface area contributed by atoms with Crippen LogP contribution < -0.4 is 11.5 Å². The standard InChI is InChI=1S/C30H38N4O10/c31-23-13-33(29(39)43-15-19-7-3-1-4-8-19)11-21(23)17-41-27(37)25(35)26(36)28(38)42-18-22-12-34(14-24(22)32)30(40)44-16-20-9-5-2-6-10-20/h1-10,21-26,35-36H,11-18,31-32H2/t21-,22-,23-,24-,25?,26?/m0/s1. The summed E-state index contributed by atoms with van der Waals surface area (Å²) in [6, 6.07) is 17.3. The van der Waals surface area contributed by atoms with Crippen molar-refractivity contribution >= 4 is 24.1 Å². The summed E-state index contributed by atoms with van der Waals surface area (Å²) in [6.07, 6.45) is -5.56. The maximum absolute atomic E-state index is 12.4. The van der Waals surface area contributed by atoms with Gasteiger partial charge in [-0.15, -0.1) is 0 Å². The molecule has 0 radical (unpaired) electrons. The van der Waals surface area contributed by atoms with E-state index in [4.69, 9.17) is 30.4 Å². The Bertz CT molecular complexity index is 1170. The fourth-order valence-electron chi connectivity index (χ4n) is 4.87. The number of ether oxygens (including phenoxy) is 4. The van der Waals surface area contributed by atoms with Crippen LogP contribution in [0.2, 0.25) is 0 Å². The van der Waals surface area contributed by atoms with Gasteiger partial charge in [-0.25, -0.2) is 19.2 Å². The minimum atomic E-state index is -2.21. The zero-order valence-corrected chi connectivity index (χ0v) is 24.1. The molecule has 6 atom stereocenters. The van der Waals surface area contributed by atoms with Gasteiger partial charge in [0, 0.05) is 50.1 Å². The molecule has 44 heavy (non-hydrogen) atoms. The Balaban J connectivity index is 1.15. The van der Waals surface area contributed by atoms with E-state index in [0.717, 1.165) is 11.1 Å². The van der Waals surface area contributed by atoms with E-state index in [0.29, 0.717) is 0 Å². The molecule has 0 aliphatic carbocycles. The summed E-state index contributed by atoms with van der Waals surface area (Å²) in [6.45, 7) is 0.345. The number of rotatable bonds is 11. The predicted molar refractivity (Wildman–Crippen MR) is 153 cm³/mol. The molecule has 2 aliphatic rings. The maximum atomic E-state index is 12.4. The summed E-state index contributed by atoms with van der Waals surface area (Å²) in [5, 5.41) is 20.4. The first-order chi connectivity index (χ1) is 21.1. The molecule has 2 saturated heterocycles. The molecule has 14 nitrogen and oxygen atoms in total. The van der Waals surface area contributed by atoms with E-state index in [1.165, 1.54) is 9.80 Å². The number of aliphatic hydroxyl groups is 2. The van der Waals surface area contributed by atoms with Gasteiger partial charge < -0.3 is 50.4 Å². The Morgan fingerprint density at radius 2 is 1.00 bits per heavy atom. The number of nitrogens with zero attached hydrogens (tertiary/aromatic N) is 2. The number of nitrogens with two attached hydrogens (primary N) is 2. The molecule has 14 heteroatoms. The number of hydrogen-bond acceptors (Lipinski definition) is 12. The van der Waals surface area contributed by atoms with Crippen LogP contribution in [-0.2, 0) is 41.8 Å². The fraction of sp³-hybridized carbons (Fsp3) is 0.467. The van der Waals surface area contributed by atoms with Gasteiger partial charge in [-0.05, 0) is 11.1 Å². The monoisotopic (exact) mass is 614 g/mol. The van der Waals surface area contributed by atoms with Crippen molar-refractivity contribution in [1.29, 1.82) is 0 Å². The molecule has 238 valence electrons. The van der Waals surface area contributed by atoms with Gasteiger partial charge in [-0.2, -0.15) is 0 Å². The van der Waals surface area contributed by atoms with Crippen LogP contribution in [0.15, 0.2) is 60.7 Å². The maximum Gasteiger partial charge on any atom is 0.410 e. The third kappa shape index (κ3) is 8.89. The van der Waals surface area contributed by atoms with Crippen LogP contribution in [0.1, 0.15) is 11.1 Å². The van der Waals surface area contributed by atoms with Crippen LogP contribution in [-0.4, -0.2) is 108 Å². The Morgan fingerprint density at radius 1 is 0.636 bits per heavy atom. The average molecular weight is 615 g/mol. The van der Waals surface area contributed by atoms with Gasteiger partial charge in [-0.1, -0.05) is 60.7 Å². The van der Waals surface area contributed by atoms with Gasteiger partial charge in [-0.3, -0.25) is 0 Å². The number of carbonyl (C=O) groups excluding carboxylic acids is 4. The molecule has 0 aromatic heterocycles. The number of likely N-dealkylation sites (tertiary alicyclic amines) is 2. The lowest BCUT2D eigenvalue weighted by Gasteiger charge is -2.20. The van der Waals surface area contributed by atoms with Crippen molar-refractivity contribution in [2.24, 2.45) is 23.3 Å². The lowest BCUT2D eigenvalue weighted by atomic mass is 10.1. The van der Waals surface area contributed by atoms with Crippen molar-refractivity contribution in [2.75, 3.05) is 39.4 Å². The SMILES string of the molecule is N[C@H]1CN(C(=O)OCc2ccccc2)C[C@H]1COC(=O)C(O)C(O)C(=O)OC[C@@H]1CN(C(=O)OCc2ccccc2)C[C@@H]1N. The Kier molecular flexibility index (Phi) is 11.5. The lowest BCUT2D eigenvalue weighted by Crippen LogP contribution is -2.43. The van der Waals surface area contributed by atoms with E-state index in [9.17, 15) is 29.4 Å². The van der Waals surface area contributed by atoms with Gasteiger partial charge in [0.1, 0.15) is 13.2 Å². The Labute approximate surface area is 254 Å². The van der Waals surface area contributed by atoms with Gasteiger partial charge in [0.15, 0.2) is 12.2 Å². The number of benzene rings is 2. The minimum Gasteiger partial charge on any atom is -0.463 e. The molecule has 2 aromatic carbocycles. The summed E-state index contributed by atoms with van der Waals surface area (Å²) < 4.78 is 20.8. The molecule has 6 N–H and O–H groups in total. The number of hydrogen-bond donors (Lipinski definition) is 4.